The van der Waals surface area contributed by atoms with E-state index in [1.165, 1.54) is 17.3 Å². The van der Waals surface area contributed by atoms with Crippen molar-refractivity contribution in [1.29, 1.82) is 0 Å². The Hall–Kier alpha value is -2.22. The van der Waals surface area contributed by atoms with Gasteiger partial charge in [0.15, 0.2) is 0 Å². The van der Waals surface area contributed by atoms with Crippen LogP contribution in [0.1, 0.15) is 12.6 Å². The molecule has 102 valence electrons. The molecule has 0 fully saturated rings. The van der Waals surface area contributed by atoms with E-state index in [1.807, 2.05) is 17.7 Å². The number of aryl methyl sites for hydroxylation is 1. The van der Waals surface area contributed by atoms with Crippen LogP contribution in [0.5, 0.6) is 0 Å². The average molecular weight is 264 g/mol. The molecule has 0 bridgehead atoms. The fraction of sp³-hybridized carbons (Fsp3) is 0.455. The summed E-state index contributed by atoms with van der Waals surface area (Å²) < 4.78 is 3.42. The van der Waals surface area contributed by atoms with E-state index < -0.39 is 12.0 Å². The highest BCUT2D eigenvalue weighted by atomic mass is 16.4. The average Bonchev–Trinajstić information content (AvgIpc) is 3.05. The number of rotatable bonds is 7. The normalized spacial score (nSPS) is 12.5. The third-order valence-corrected chi connectivity index (χ3v) is 2.72. The van der Waals surface area contributed by atoms with Gasteiger partial charge in [-0.05, 0) is 6.92 Å². The van der Waals surface area contributed by atoms with Gasteiger partial charge < -0.3 is 9.67 Å². The van der Waals surface area contributed by atoms with Crippen LogP contribution in [0.4, 0.5) is 0 Å². The predicted molar refractivity (Wildman–Crippen MR) is 66.2 cm³/mol. The Kier molecular flexibility index (Phi) is 4.24. The lowest BCUT2D eigenvalue weighted by Gasteiger charge is -2.13. The molecular weight excluding hydrogens is 248 g/mol. The van der Waals surface area contributed by atoms with Crippen LogP contribution in [0, 0.1) is 0 Å². The third kappa shape index (κ3) is 3.62. The summed E-state index contributed by atoms with van der Waals surface area (Å²) in [5, 5.41) is 16.0. The number of carboxylic acid groups (broad SMARTS) is 1. The van der Waals surface area contributed by atoms with Crippen molar-refractivity contribution in [3.8, 4) is 0 Å². The Morgan fingerprint density at radius 3 is 2.95 bits per heavy atom. The van der Waals surface area contributed by atoms with Gasteiger partial charge in [-0.2, -0.15) is 5.10 Å². The van der Waals surface area contributed by atoms with Crippen molar-refractivity contribution in [2.45, 2.75) is 32.6 Å². The van der Waals surface area contributed by atoms with E-state index in [9.17, 15) is 4.79 Å². The lowest BCUT2D eigenvalue weighted by Crippen LogP contribution is -2.40. The second-order valence-corrected chi connectivity index (χ2v) is 4.08. The number of carbonyl (C=O) groups is 1. The number of hydrogen-bond acceptors (Lipinski definition) is 5. The Balaban J connectivity index is 1.91. The van der Waals surface area contributed by atoms with Gasteiger partial charge in [0.2, 0.25) is 0 Å². The zero-order chi connectivity index (χ0) is 13.7. The molecule has 19 heavy (non-hydrogen) atoms. The van der Waals surface area contributed by atoms with Crippen LogP contribution in [0.3, 0.4) is 0 Å². The van der Waals surface area contributed by atoms with E-state index in [0.717, 1.165) is 12.2 Å². The van der Waals surface area contributed by atoms with Gasteiger partial charge in [-0.1, -0.05) is 0 Å². The summed E-state index contributed by atoms with van der Waals surface area (Å²) in [5.74, 6) is -0.926. The van der Waals surface area contributed by atoms with Crippen molar-refractivity contribution < 1.29 is 9.90 Å². The molecule has 2 aromatic heterocycles. The van der Waals surface area contributed by atoms with Crippen LogP contribution in [-0.4, -0.2) is 41.4 Å². The van der Waals surface area contributed by atoms with E-state index in [-0.39, 0.29) is 6.54 Å². The van der Waals surface area contributed by atoms with E-state index in [1.54, 1.807) is 6.33 Å². The summed E-state index contributed by atoms with van der Waals surface area (Å²) in [4.78, 5) is 19.1. The Bertz CT molecular complexity index is 521. The molecule has 1 atom stereocenters. The smallest absolute Gasteiger partial charge is 0.322 e. The summed E-state index contributed by atoms with van der Waals surface area (Å²) in [6, 6.07) is -0.728. The third-order valence-electron chi connectivity index (χ3n) is 2.72. The summed E-state index contributed by atoms with van der Waals surface area (Å²) >= 11 is 0. The van der Waals surface area contributed by atoms with Crippen LogP contribution in [-0.2, 0) is 24.4 Å². The SMILES string of the molecule is CCn1cnc(CNC(Cn2cncn2)C(=O)O)c1. The van der Waals surface area contributed by atoms with Crippen LogP contribution in [0.2, 0.25) is 0 Å². The van der Waals surface area contributed by atoms with E-state index in [2.05, 4.69) is 20.4 Å². The fourth-order valence-corrected chi connectivity index (χ4v) is 1.64. The molecule has 8 heteroatoms. The zero-order valence-corrected chi connectivity index (χ0v) is 10.6. The Morgan fingerprint density at radius 1 is 1.53 bits per heavy atom. The van der Waals surface area contributed by atoms with Crippen molar-refractivity contribution in [3.63, 3.8) is 0 Å². The highest BCUT2D eigenvalue weighted by molar-refractivity contribution is 5.73. The summed E-state index contributed by atoms with van der Waals surface area (Å²) in [5.41, 5.74) is 0.812. The largest absolute Gasteiger partial charge is 0.480 e. The van der Waals surface area contributed by atoms with Crippen molar-refractivity contribution in [2.24, 2.45) is 0 Å². The van der Waals surface area contributed by atoms with Gasteiger partial charge in [0, 0.05) is 19.3 Å². The van der Waals surface area contributed by atoms with E-state index >= 15 is 0 Å². The first-order chi connectivity index (χ1) is 9.19. The number of aromatic nitrogens is 5. The first-order valence-electron chi connectivity index (χ1n) is 5.98. The van der Waals surface area contributed by atoms with Gasteiger partial charge in [0.1, 0.15) is 18.7 Å². The molecule has 0 spiro atoms. The van der Waals surface area contributed by atoms with Gasteiger partial charge in [0.05, 0.1) is 18.6 Å². The maximum Gasteiger partial charge on any atom is 0.322 e. The highest BCUT2D eigenvalue weighted by Gasteiger charge is 2.18. The van der Waals surface area contributed by atoms with Crippen LogP contribution >= 0.6 is 0 Å². The summed E-state index contributed by atoms with van der Waals surface area (Å²) in [7, 11) is 0. The molecule has 2 heterocycles. The summed E-state index contributed by atoms with van der Waals surface area (Å²) in [6.45, 7) is 3.49. The van der Waals surface area contributed by atoms with Crippen LogP contribution in [0.15, 0.2) is 25.2 Å². The van der Waals surface area contributed by atoms with Gasteiger partial charge in [-0.3, -0.25) is 14.8 Å². The Morgan fingerprint density at radius 2 is 2.37 bits per heavy atom. The van der Waals surface area contributed by atoms with Crippen LogP contribution < -0.4 is 5.32 Å². The van der Waals surface area contributed by atoms with Gasteiger partial charge in [0.25, 0.3) is 0 Å². The predicted octanol–water partition coefficient (Wildman–Crippen LogP) is -0.262. The molecule has 0 aromatic carbocycles. The molecule has 0 saturated carbocycles. The maximum absolute atomic E-state index is 11.2. The second-order valence-electron chi connectivity index (χ2n) is 4.08. The van der Waals surface area contributed by atoms with Gasteiger partial charge >= 0.3 is 5.97 Å². The molecule has 8 nitrogen and oxygen atoms in total. The number of aliphatic carboxylic acids is 1. The minimum Gasteiger partial charge on any atom is -0.480 e. The minimum absolute atomic E-state index is 0.226. The molecule has 1 unspecified atom stereocenters. The van der Waals surface area contributed by atoms with Gasteiger partial charge in [-0.15, -0.1) is 0 Å². The molecule has 0 radical (unpaired) electrons. The van der Waals surface area contributed by atoms with Crippen molar-refractivity contribution in [1.82, 2.24) is 29.6 Å². The molecule has 2 aromatic rings. The molecule has 2 rings (SSSR count). The van der Waals surface area contributed by atoms with E-state index in [4.69, 9.17) is 5.11 Å². The quantitative estimate of drug-likeness (QED) is 0.715. The first kappa shape index (κ1) is 13.2. The monoisotopic (exact) mass is 264 g/mol. The number of nitrogens with zero attached hydrogens (tertiary/aromatic N) is 5. The molecule has 0 aliphatic heterocycles. The second kappa shape index (κ2) is 6.10. The Labute approximate surface area is 110 Å². The molecule has 2 N–H and O–H groups in total. The van der Waals surface area contributed by atoms with E-state index in [0.29, 0.717) is 6.54 Å². The van der Waals surface area contributed by atoms with Crippen molar-refractivity contribution >= 4 is 5.97 Å². The van der Waals surface area contributed by atoms with Crippen molar-refractivity contribution in [2.75, 3.05) is 0 Å². The number of hydrogen-bond donors (Lipinski definition) is 2. The number of carboxylic acids is 1. The standard InChI is InChI=1S/C11H16N6O2/c1-2-16-4-9(14-8-16)3-13-10(11(18)19)5-17-7-12-6-15-17/h4,6-8,10,13H,2-3,5H2,1H3,(H,18,19). The molecule has 0 aliphatic carbocycles. The van der Waals surface area contributed by atoms with Crippen LogP contribution in [0.25, 0.3) is 0 Å². The highest BCUT2D eigenvalue weighted by Crippen LogP contribution is 1.98. The number of nitrogens with one attached hydrogen (secondary N) is 1. The molecule has 0 aliphatic rings. The molecule has 0 amide bonds. The van der Waals surface area contributed by atoms with Crippen molar-refractivity contribution in [3.05, 3.63) is 30.9 Å². The minimum atomic E-state index is -0.926. The zero-order valence-electron chi connectivity index (χ0n) is 10.6. The maximum atomic E-state index is 11.2. The number of imidazole rings is 1. The molecular formula is C11H16N6O2. The van der Waals surface area contributed by atoms with Gasteiger partial charge in [-0.25, -0.2) is 9.97 Å². The summed E-state index contributed by atoms with van der Waals surface area (Å²) in [6.07, 6.45) is 6.48. The first-order valence-corrected chi connectivity index (χ1v) is 5.98. The fourth-order valence-electron chi connectivity index (χ4n) is 1.64. The topological polar surface area (TPSA) is 97.9 Å². The lowest BCUT2D eigenvalue weighted by molar-refractivity contribution is -0.140. The lowest BCUT2D eigenvalue weighted by atomic mass is 10.3. The molecule has 0 saturated heterocycles.